The van der Waals surface area contributed by atoms with Crippen LogP contribution < -0.4 is 11.1 Å². The minimum Gasteiger partial charge on any atom is -0.463 e. The van der Waals surface area contributed by atoms with Crippen LogP contribution in [0.4, 0.5) is 4.79 Å². The number of nitrogens with one attached hydrogen (secondary N) is 1. The lowest BCUT2D eigenvalue weighted by atomic mass is 10.0. The van der Waals surface area contributed by atoms with Crippen LogP contribution in [0, 0.1) is 0 Å². The van der Waals surface area contributed by atoms with Crippen molar-refractivity contribution in [3.8, 4) is 0 Å². The van der Waals surface area contributed by atoms with E-state index in [1.807, 2.05) is 12.1 Å². The molecule has 0 saturated heterocycles. The smallest absolute Gasteiger partial charge is 0.408 e. The lowest BCUT2D eigenvalue weighted by Crippen LogP contribution is -2.47. The van der Waals surface area contributed by atoms with Gasteiger partial charge in [0.15, 0.2) is 5.84 Å². The van der Waals surface area contributed by atoms with Gasteiger partial charge in [-0.05, 0) is 45.7 Å². The van der Waals surface area contributed by atoms with Gasteiger partial charge in [0, 0.05) is 6.42 Å². The molecular formula is C20H31N3O6. The molecule has 0 radical (unpaired) electrons. The van der Waals surface area contributed by atoms with E-state index in [0.717, 1.165) is 11.1 Å². The van der Waals surface area contributed by atoms with Gasteiger partial charge in [-0.25, -0.2) is 9.59 Å². The number of hydrogen-bond acceptors (Lipinski definition) is 7. The second-order valence-corrected chi connectivity index (χ2v) is 7.42. The van der Waals surface area contributed by atoms with Crippen LogP contribution in [-0.2, 0) is 25.5 Å². The minimum atomic E-state index is -0.732. The summed E-state index contributed by atoms with van der Waals surface area (Å²) in [4.78, 5) is 28.4. The molecule has 29 heavy (non-hydrogen) atoms. The van der Waals surface area contributed by atoms with Crippen molar-refractivity contribution in [1.29, 1.82) is 0 Å². The van der Waals surface area contributed by atoms with E-state index in [1.54, 1.807) is 46.8 Å². The van der Waals surface area contributed by atoms with Crippen LogP contribution in [0.25, 0.3) is 0 Å². The van der Waals surface area contributed by atoms with Gasteiger partial charge in [-0.3, -0.25) is 0 Å². The van der Waals surface area contributed by atoms with Crippen LogP contribution in [0.5, 0.6) is 0 Å². The van der Waals surface area contributed by atoms with Crippen LogP contribution >= 0.6 is 0 Å². The number of carbonyl (C=O) groups excluding carboxylic acids is 2. The van der Waals surface area contributed by atoms with Gasteiger partial charge in [0.05, 0.1) is 18.8 Å². The van der Waals surface area contributed by atoms with Crippen LogP contribution in [0.3, 0.4) is 0 Å². The molecule has 1 unspecified atom stereocenters. The highest BCUT2D eigenvalue weighted by molar-refractivity contribution is 5.88. The third-order valence-corrected chi connectivity index (χ3v) is 3.61. The van der Waals surface area contributed by atoms with Crippen molar-refractivity contribution < 1.29 is 29.0 Å². The number of nitrogens with two attached hydrogens (primary N) is 1. The maximum atomic E-state index is 12.2. The van der Waals surface area contributed by atoms with Crippen molar-refractivity contribution in [3.05, 3.63) is 35.4 Å². The Morgan fingerprint density at radius 1 is 1.24 bits per heavy atom. The van der Waals surface area contributed by atoms with Crippen LogP contribution in [0.1, 0.15) is 51.8 Å². The summed E-state index contributed by atoms with van der Waals surface area (Å²) >= 11 is 0. The number of carbonyl (C=O) groups is 2. The SMILES string of the molecule is CCOC(=O)CO/N=C(\N)[C@H](Cc1ccc(C(C)O)cc1)NC(=O)OC(C)(C)C. The molecule has 0 fully saturated rings. The molecule has 1 aromatic carbocycles. The van der Waals surface area contributed by atoms with Gasteiger partial charge in [-0.2, -0.15) is 0 Å². The van der Waals surface area contributed by atoms with Crippen molar-refractivity contribution in [2.45, 2.75) is 58.8 Å². The summed E-state index contributed by atoms with van der Waals surface area (Å²) in [7, 11) is 0. The number of rotatable bonds is 9. The number of benzene rings is 1. The number of nitrogens with zero attached hydrogens (tertiary/aromatic N) is 1. The summed E-state index contributed by atoms with van der Waals surface area (Å²) in [6.45, 7) is 8.43. The zero-order valence-corrected chi connectivity index (χ0v) is 17.6. The predicted molar refractivity (Wildman–Crippen MR) is 108 cm³/mol. The largest absolute Gasteiger partial charge is 0.463 e. The molecule has 9 nitrogen and oxygen atoms in total. The summed E-state index contributed by atoms with van der Waals surface area (Å²) in [5.41, 5.74) is 6.91. The average Bonchev–Trinajstić information content (AvgIpc) is 2.60. The number of esters is 1. The Kier molecular flexibility index (Phi) is 9.40. The molecule has 162 valence electrons. The van der Waals surface area contributed by atoms with E-state index in [4.69, 9.17) is 20.0 Å². The number of amides is 1. The molecule has 0 heterocycles. The van der Waals surface area contributed by atoms with Gasteiger partial charge in [0.1, 0.15) is 5.60 Å². The van der Waals surface area contributed by atoms with E-state index >= 15 is 0 Å². The highest BCUT2D eigenvalue weighted by atomic mass is 16.7. The van der Waals surface area contributed by atoms with E-state index < -0.39 is 36.4 Å². The van der Waals surface area contributed by atoms with Crippen LogP contribution in [0.2, 0.25) is 0 Å². The highest BCUT2D eigenvalue weighted by Gasteiger charge is 2.23. The van der Waals surface area contributed by atoms with Gasteiger partial charge >= 0.3 is 12.1 Å². The number of oxime groups is 1. The Hall–Kier alpha value is -2.81. The van der Waals surface area contributed by atoms with Crippen LogP contribution in [0.15, 0.2) is 29.4 Å². The second-order valence-electron chi connectivity index (χ2n) is 7.42. The lowest BCUT2D eigenvalue weighted by molar-refractivity contribution is -0.148. The first-order valence-corrected chi connectivity index (χ1v) is 9.39. The lowest BCUT2D eigenvalue weighted by Gasteiger charge is -2.23. The Balaban J connectivity index is 2.89. The molecule has 0 aromatic heterocycles. The number of amidine groups is 1. The highest BCUT2D eigenvalue weighted by Crippen LogP contribution is 2.14. The normalized spacial score (nSPS) is 13.9. The number of aliphatic hydroxyl groups excluding tert-OH is 1. The first kappa shape index (κ1) is 24.2. The van der Waals surface area contributed by atoms with Crippen molar-refractivity contribution in [2.75, 3.05) is 13.2 Å². The zero-order chi connectivity index (χ0) is 22.0. The van der Waals surface area contributed by atoms with Gasteiger partial charge in [-0.1, -0.05) is 29.4 Å². The molecule has 4 N–H and O–H groups in total. The fourth-order valence-corrected chi connectivity index (χ4v) is 2.27. The maximum absolute atomic E-state index is 12.2. The zero-order valence-electron chi connectivity index (χ0n) is 17.6. The molecule has 1 rings (SSSR count). The summed E-state index contributed by atoms with van der Waals surface area (Å²) in [5.74, 6) is -0.603. The molecule has 0 spiro atoms. The summed E-state index contributed by atoms with van der Waals surface area (Å²) in [6, 6.07) is 6.48. The number of hydrogen-bond donors (Lipinski definition) is 3. The molecule has 0 aliphatic carbocycles. The Labute approximate surface area is 171 Å². The van der Waals surface area contributed by atoms with Gasteiger partial charge in [-0.15, -0.1) is 0 Å². The number of aliphatic hydroxyl groups is 1. The maximum Gasteiger partial charge on any atom is 0.408 e. The van der Waals surface area contributed by atoms with E-state index in [9.17, 15) is 14.7 Å². The molecular weight excluding hydrogens is 378 g/mol. The standard InChI is InChI=1S/C20H31N3O6/c1-6-27-17(25)12-28-23-18(21)16(22-19(26)29-20(3,4)5)11-14-7-9-15(10-8-14)13(2)24/h7-10,13,16,24H,6,11-12H2,1-5H3,(H2,21,23)(H,22,26)/t13?,16-/m0/s1. The number of alkyl carbamates (subject to hydrolysis) is 1. The minimum absolute atomic E-state index is 0.0280. The molecule has 9 heteroatoms. The van der Waals surface area contributed by atoms with Crippen molar-refractivity contribution in [1.82, 2.24) is 5.32 Å². The molecule has 0 bridgehead atoms. The molecule has 2 atom stereocenters. The van der Waals surface area contributed by atoms with E-state index in [1.165, 1.54) is 0 Å². The topological polar surface area (TPSA) is 132 Å². The second kappa shape index (κ2) is 11.3. The van der Waals surface area contributed by atoms with Crippen molar-refractivity contribution in [3.63, 3.8) is 0 Å². The third kappa shape index (κ3) is 9.79. The Bertz CT molecular complexity index is 695. The number of ether oxygens (including phenoxy) is 2. The molecule has 0 aliphatic rings. The van der Waals surface area contributed by atoms with Gasteiger partial charge in [0.2, 0.25) is 6.61 Å². The predicted octanol–water partition coefficient (Wildman–Crippen LogP) is 2.03. The fourth-order valence-electron chi connectivity index (χ4n) is 2.27. The monoisotopic (exact) mass is 409 g/mol. The molecule has 0 aliphatic heterocycles. The van der Waals surface area contributed by atoms with Crippen LogP contribution in [-0.4, -0.2) is 47.9 Å². The van der Waals surface area contributed by atoms with Crippen molar-refractivity contribution >= 4 is 17.9 Å². The summed E-state index contributed by atoms with van der Waals surface area (Å²) in [5, 5.41) is 16.0. The summed E-state index contributed by atoms with van der Waals surface area (Å²) < 4.78 is 10.0. The Morgan fingerprint density at radius 3 is 2.38 bits per heavy atom. The Morgan fingerprint density at radius 2 is 1.86 bits per heavy atom. The van der Waals surface area contributed by atoms with Crippen molar-refractivity contribution in [2.24, 2.45) is 10.9 Å². The molecule has 0 saturated carbocycles. The third-order valence-electron chi connectivity index (χ3n) is 3.61. The van der Waals surface area contributed by atoms with E-state index in [0.29, 0.717) is 6.42 Å². The first-order valence-electron chi connectivity index (χ1n) is 9.39. The van der Waals surface area contributed by atoms with E-state index in [-0.39, 0.29) is 12.4 Å². The van der Waals surface area contributed by atoms with Gasteiger partial charge < -0.3 is 30.5 Å². The van der Waals surface area contributed by atoms with E-state index in [2.05, 4.69) is 10.5 Å². The molecule has 1 aromatic rings. The summed E-state index contributed by atoms with van der Waals surface area (Å²) in [6.07, 6.45) is -0.938. The van der Waals surface area contributed by atoms with Gasteiger partial charge in [0.25, 0.3) is 0 Å². The first-order chi connectivity index (χ1) is 13.5. The average molecular weight is 409 g/mol. The quantitative estimate of drug-likeness (QED) is 0.246. The molecule has 1 amide bonds. The fraction of sp³-hybridized carbons (Fsp3) is 0.550.